The van der Waals surface area contributed by atoms with E-state index < -0.39 is 0 Å². The second-order valence-electron chi connectivity index (χ2n) is 3.42. The van der Waals surface area contributed by atoms with Crippen LogP contribution in [0.2, 0.25) is 0 Å². The van der Waals surface area contributed by atoms with E-state index >= 15 is 0 Å². The van der Waals surface area contributed by atoms with Crippen molar-refractivity contribution in [3.63, 3.8) is 0 Å². The number of H-pyrrole nitrogens is 1. The van der Waals surface area contributed by atoms with E-state index in [0.29, 0.717) is 0 Å². The molecule has 2 N–H and O–H groups in total. The molecule has 1 unspecified atom stereocenters. The van der Waals surface area contributed by atoms with E-state index in [0.717, 1.165) is 24.4 Å². The molecule has 0 aromatic carbocycles. The molecule has 14 heavy (non-hydrogen) atoms. The van der Waals surface area contributed by atoms with Gasteiger partial charge in [0.2, 0.25) is 0 Å². The highest BCUT2D eigenvalue weighted by Crippen LogP contribution is 2.25. The molecule has 4 heteroatoms. The molecule has 3 rings (SSSR count). The molecule has 1 aliphatic rings. The van der Waals surface area contributed by atoms with Crippen molar-refractivity contribution in [2.24, 2.45) is 0 Å². The average Bonchev–Trinajstić information content (AvgIpc) is 2.88. The third-order valence-electron chi connectivity index (χ3n) is 2.58. The number of nitrogens with one attached hydrogen (secondary N) is 2. The molecule has 0 spiro atoms. The van der Waals surface area contributed by atoms with Crippen molar-refractivity contribution in [1.82, 2.24) is 15.3 Å². The van der Waals surface area contributed by atoms with Gasteiger partial charge in [-0.2, -0.15) is 0 Å². The molecule has 2 aromatic rings. The fourth-order valence-electron chi connectivity index (χ4n) is 1.91. The molecule has 1 aliphatic heterocycles. The van der Waals surface area contributed by atoms with Gasteiger partial charge in [-0.05, 0) is 12.1 Å². The molecule has 1 atom stereocenters. The molecule has 0 fully saturated rings. The lowest BCUT2D eigenvalue weighted by molar-refractivity contribution is 0.430. The van der Waals surface area contributed by atoms with Gasteiger partial charge in [-0.15, -0.1) is 0 Å². The molecular formula is C10H11N3O. The summed E-state index contributed by atoms with van der Waals surface area (Å²) < 4.78 is 5.38. The quantitative estimate of drug-likeness (QED) is 0.709. The summed E-state index contributed by atoms with van der Waals surface area (Å²) in [6.07, 6.45) is 4.44. The molecule has 2 aromatic heterocycles. The van der Waals surface area contributed by atoms with Gasteiger partial charge >= 0.3 is 0 Å². The van der Waals surface area contributed by atoms with Gasteiger partial charge in [0.05, 0.1) is 18.3 Å². The van der Waals surface area contributed by atoms with E-state index in [1.807, 2.05) is 12.1 Å². The number of aromatic nitrogens is 2. The van der Waals surface area contributed by atoms with Crippen LogP contribution < -0.4 is 5.32 Å². The van der Waals surface area contributed by atoms with Crippen LogP contribution in [0.25, 0.3) is 0 Å². The molecule has 0 radical (unpaired) electrons. The van der Waals surface area contributed by atoms with E-state index in [1.54, 1.807) is 12.6 Å². The summed E-state index contributed by atoms with van der Waals surface area (Å²) in [6.45, 7) is 0.959. The maximum absolute atomic E-state index is 5.38. The summed E-state index contributed by atoms with van der Waals surface area (Å²) >= 11 is 0. The summed E-state index contributed by atoms with van der Waals surface area (Å²) in [5.41, 5.74) is 2.27. The number of furan rings is 1. The van der Waals surface area contributed by atoms with E-state index in [2.05, 4.69) is 15.3 Å². The average molecular weight is 189 g/mol. The van der Waals surface area contributed by atoms with Crippen molar-refractivity contribution < 1.29 is 4.42 Å². The summed E-state index contributed by atoms with van der Waals surface area (Å²) in [7, 11) is 0. The zero-order valence-corrected chi connectivity index (χ0v) is 7.66. The number of hydrogen-bond acceptors (Lipinski definition) is 3. The highest BCUT2D eigenvalue weighted by Gasteiger charge is 2.25. The van der Waals surface area contributed by atoms with E-state index in [1.165, 1.54) is 5.69 Å². The van der Waals surface area contributed by atoms with Crippen molar-refractivity contribution in [3.8, 4) is 0 Å². The third kappa shape index (κ3) is 1.08. The molecule has 0 bridgehead atoms. The van der Waals surface area contributed by atoms with Crippen molar-refractivity contribution in [2.45, 2.75) is 12.5 Å². The van der Waals surface area contributed by atoms with Gasteiger partial charge in [0.1, 0.15) is 11.8 Å². The Morgan fingerprint density at radius 2 is 2.50 bits per heavy atom. The zero-order chi connectivity index (χ0) is 9.38. The van der Waals surface area contributed by atoms with Crippen LogP contribution in [0, 0.1) is 0 Å². The number of fused-ring (bicyclic) bond motifs is 1. The standard InChI is InChI=1S/C10H11N3O/c1-2-8(14-5-1)10-9-7(3-4-11-10)12-6-13-9/h1-2,5-6,10-11H,3-4H2,(H,12,13). The van der Waals surface area contributed by atoms with Crippen molar-refractivity contribution in [1.29, 1.82) is 0 Å². The lowest BCUT2D eigenvalue weighted by Crippen LogP contribution is -2.30. The molecule has 0 aliphatic carbocycles. The maximum Gasteiger partial charge on any atom is 0.126 e. The number of aromatic amines is 1. The molecule has 0 saturated heterocycles. The summed E-state index contributed by atoms with van der Waals surface area (Å²) in [4.78, 5) is 7.47. The maximum atomic E-state index is 5.38. The van der Waals surface area contributed by atoms with Gasteiger partial charge in [0, 0.05) is 18.7 Å². The fourth-order valence-corrected chi connectivity index (χ4v) is 1.91. The number of rotatable bonds is 1. The van der Waals surface area contributed by atoms with E-state index in [9.17, 15) is 0 Å². The Morgan fingerprint density at radius 3 is 3.36 bits per heavy atom. The lowest BCUT2D eigenvalue weighted by Gasteiger charge is -2.20. The molecule has 4 nitrogen and oxygen atoms in total. The Labute approximate surface area is 81.4 Å². The lowest BCUT2D eigenvalue weighted by atomic mass is 10.0. The topological polar surface area (TPSA) is 53.9 Å². The van der Waals surface area contributed by atoms with Gasteiger partial charge in [0.25, 0.3) is 0 Å². The Bertz CT molecular complexity index is 418. The van der Waals surface area contributed by atoms with Crippen LogP contribution in [0.3, 0.4) is 0 Å². The predicted octanol–water partition coefficient (Wildman–Crippen LogP) is 1.24. The first-order chi connectivity index (χ1) is 6.95. The Kier molecular flexibility index (Phi) is 1.67. The monoisotopic (exact) mass is 189 g/mol. The smallest absolute Gasteiger partial charge is 0.126 e. The van der Waals surface area contributed by atoms with Crippen molar-refractivity contribution >= 4 is 0 Å². The highest BCUT2D eigenvalue weighted by atomic mass is 16.3. The third-order valence-corrected chi connectivity index (χ3v) is 2.58. The Balaban J connectivity index is 2.04. The van der Waals surface area contributed by atoms with E-state index in [4.69, 9.17) is 4.42 Å². The summed E-state index contributed by atoms with van der Waals surface area (Å²) in [6, 6.07) is 3.99. The highest BCUT2D eigenvalue weighted by molar-refractivity contribution is 5.26. The first kappa shape index (κ1) is 7.82. The van der Waals surface area contributed by atoms with Crippen LogP contribution in [-0.4, -0.2) is 16.5 Å². The molecular weight excluding hydrogens is 178 g/mol. The summed E-state index contributed by atoms with van der Waals surface area (Å²) in [5, 5.41) is 3.39. The molecule has 3 heterocycles. The van der Waals surface area contributed by atoms with Gasteiger partial charge in [-0.1, -0.05) is 0 Å². The number of imidazole rings is 1. The normalized spacial score (nSPS) is 20.7. The Hall–Kier alpha value is -1.55. The number of hydrogen-bond donors (Lipinski definition) is 2. The molecule has 72 valence electrons. The fraction of sp³-hybridized carbons (Fsp3) is 0.300. The second kappa shape index (κ2) is 2.99. The summed E-state index contributed by atoms with van der Waals surface area (Å²) in [5.74, 6) is 0.929. The van der Waals surface area contributed by atoms with Gasteiger partial charge in [0.15, 0.2) is 0 Å². The largest absolute Gasteiger partial charge is 0.467 e. The van der Waals surface area contributed by atoms with Crippen molar-refractivity contribution in [3.05, 3.63) is 41.9 Å². The first-order valence-electron chi connectivity index (χ1n) is 4.74. The minimum Gasteiger partial charge on any atom is -0.467 e. The van der Waals surface area contributed by atoms with Gasteiger partial charge < -0.3 is 14.7 Å². The van der Waals surface area contributed by atoms with Crippen LogP contribution >= 0.6 is 0 Å². The van der Waals surface area contributed by atoms with E-state index in [-0.39, 0.29) is 6.04 Å². The van der Waals surface area contributed by atoms with Crippen molar-refractivity contribution in [2.75, 3.05) is 6.54 Å². The predicted molar refractivity (Wildman–Crippen MR) is 50.8 cm³/mol. The van der Waals surface area contributed by atoms with Gasteiger partial charge in [-0.3, -0.25) is 0 Å². The van der Waals surface area contributed by atoms with Crippen LogP contribution in [0.15, 0.2) is 29.1 Å². The molecule has 0 saturated carbocycles. The van der Waals surface area contributed by atoms with Crippen LogP contribution in [0.5, 0.6) is 0 Å². The van der Waals surface area contributed by atoms with Crippen LogP contribution in [-0.2, 0) is 6.42 Å². The minimum atomic E-state index is 0.111. The number of nitrogens with zero attached hydrogens (tertiary/aromatic N) is 1. The molecule has 0 amide bonds. The zero-order valence-electron chi connectivity index (χ0n) is 7.66. The van der Waals surface area contributed by atoms with Gasteiger partial charge in [-0.25, -0.2) is 4.98 Å². The minimum absolute atomic E-state index is 0.111. The SMILES string of the molecule is c1coc(C2NCCc3[nH]cnc32)c1. The first-order valence-corrected chi connectivity index (χ1v) is 4.74. The van der Waals surface area contributed by atoms with Crippen LogP contribution in [0.1, 0.15) is 23.2 Å². The van der Waals surface area contributed by atoms with Crippen LogP contribution in [0.4, 0.5) is 0 Å². The Morgan fingerprint density at radius 1 is 1.50 bits per heavy atom. The second-order valence-corrected chi connectivity index (χ2v) is 3.42.